The molecule has 7 heteroatoms. The first kappa shape index (κ1) is 19.0. The average molecular weight is 391 g/mol. The second-order valence-corrected chi connectivity index (χ2v) is 7.42. The smallest absolute Gasteiger partial charge is 0.228 e. The summed E-state index contributed by atoms with van der Waals surface area (Å²) in [7, 11) is 0. The second-order valence-electron chi connectivity index (χ2n) is 7.42. The number of rotatable bonds is 5. The number of amides is 1. The van der Waals surface area contributed by atoms with E-state index in [1.807, 2.05) is 24.2 Å². The van der Waals surface area contributed by atoms with Crippen molar-refractivity contribution in [3.63, 3.8) is 0 Å². The Hall–Kier alpha value is -3.35. The van der Waals surface area contributed by atoms with E-state index in [4.69, 9.17) is 5.73 Å². The number of benzene rings is 1. The fourth-order valence-corrected chi connectivity index (χ4v) is 3.45. The van der Waals surface area contributed by atoms with E-state index < -0.39 is 0 Å². The molecule has 1 fully saturated rings. The Morgan fingerprint density at radius 2 is 1.83 bits per heavy atom. The van der Waals surface area contributed by atoms with E-state index in [2.05, 4.69) is 15.0 Å². The molecule has 1 aliphatic rings. The highest BCUT2D eigenvalue weighted by molar-refractivity contribution is 5.81. The molecule has 1 aromatic carbocycles. The van der Waals surface area contributed by atoms with Gasteiger partial charge in [0.15, 0.2) is 0 Å². The molecule has 0 saturated carbocycles. The summed E-state index contributed by atoms with van der Waals surface area (Å²) in [4.78, 5) is 27.4. The van der Waals surface area contributed by atoms with Gasteiger partial charge in [0.25, 0.3) is 0 Å². The van der Waals surface area contributed by atoms with E-state index in [1.165, 1.54) is 12.1 Å². The van der Waals surface area contributed by atoms with Gasteiger partial charge in [-0.3, -0.25) is 9.78 Å². The highest BCUT2D eigenvalue weighted by Crippen LogP contribution is 2.24. The van der Waals surface area contributed by atoms with Crippen LogP contribution in [0.3, 0.4) is 0 Å². The third-order valence-electron chi connectivity index (χ3n) is 5.14. The summed E-state index contributed by atoms with van der Waals surface area (Å²) in [6.07, 6.45) is 4.71. The molecule has 1 aliphatic heterocycles. The van der Waals surface area contributed by atoms with Gasteiger partial charge in [-0.1, -0.05) is 0 Å². The number of nitrogens with two attached hydrogens (primary N) is 1. The lowest BCUT2D eigenvalue weighted by Gasteiger charge is -2.39. The number of carbonyl (C=O) groups is 1. The Morgan fingerprint density at radius 1 is 1.14 bits per heavy atom. The van der Waals surface area contributed by atoms with E-state index in [9.17, 15) is 9.18 Å². The van der Waals surface area contributed by atoms with Crippen LogP contribution in [0.5, 0.6) is 0 Å². The first-order valence-corrected chi connectivity index (χ1v) is 9.54. The van der Waals surface area contributed by atoms with Crippen LogP contribution in [-0.4, -0.2) is 38.8 Å². The van der Waals surface area contributed by atoms with Gasteiger partial charge in [0.05, 0.1) is 23.5 Å². The summed E-state index contributed by atoms with van der Waals surface area (Å²) >= 11 is 0. The molecule has 0 spiro atoms. The number of anilines is 1. The van der Waals surface area contributed by atoms with Gasteiger partial charge in [0, 0.05) is 31.0 Å². The third-order valence-corrected chi connectivity index (χ3v) is 5.14. The molecule has 148 valence electrons. The van der Waals surface area contributed by atoms with Crippen molar-refractivity contribution in [2.24, 2.45) is 5.92 Å². The highest BCUT2D eigenvalue weighted by atomic mass is 19.1. The first-order valence-electron chi connectivity index (χ1n) is 9.54. The average Bonchev–Trinajstić information content (AvgIpc) is 2.68. The normalized spacial score (nSPS) is 13.9. The van der Waals surface area contributed by atoms with E-state index in [1.54, 1.807) is 24.3 Å². The maximum absolute atomic E-state index is 13.1. The molecule has 0 aliphatic carbocycles. The topological polar surface area (TPSA) is 85.0 Å². The molecule has 29 heavy (non-hydrogen) atoms. The van der Waals surface area contributed by atoms with Crippen molar-refractivity contribution in [2.45, 2.75) is 19.8 Å². The molecule has 0 atom stereocenters. The Labute approximate surface area is 168 Å². The molecule has 4 rings (SSSR count). The molecular formula is C22H22FN5O. The molecule has 2 N–H and O–H groups in total. The Balaban J connectivity index is 1.37. The lowest BCUT2D eigenvalue weighted by Crippen LogP contribution is -2.51. The predicted molar refractivity (Wildman–Crippen MR) is 108 cm³/mol. The molecule has 0 unspecified atom stereocenters. The lowest BCUT2D eigenvalue weighted by atomic mass is 9.93. The first-order chi connectivity index (χ1) is 14.0. The second kappa shape index (κ2) is 7.95. The van der Waals surface area contributed by atoms with Gasteiger partial charge in [-0.25, -0.2) is 14.4 Å². The third kappa shape index (κ3) is 4.39. The summed E-state index contributed by atoms with van der Waals surface area (Å²) < 4.78 is 13.1. The van der Waals surface area contributed by atoms with Crippen molar-refractivity contribution < 1.29 is 9.18 Å². The van der Waals surface area contributed by atoms with Gasteiger partial charge >= 0.3 is 0 Å². The van der Waals surface area contributed by atoms with Crippen LogP contribution in [0.4, 0.5) is 10.1 Å². The van der Waals surface area contributed by atoms with Gasteiger partial charge in [-0.05, 0) is 61.2 Å². The van der Waals surface area contributed by atoms with Crippen molar-refractivity contribution in [3.8, 4) is 11.3 Å². The van der Waals surface area contributed by atoms with Gasteiger partial charge in [0.2, 0.25) is 5.91 Å². The standard InChI is InChI=1S/C22H22FN5O/c1-14-25-10-15(11-26-14)8-16-12-28(13-16)22(29)9-21-19(24)6-7-20(27-21)17-2-4-18(23)5-3-17/h2-7,10-11,16H,8-9,12-13,24H2,1H3. The van der Waals surface area contributed by atoms with E-state index >= 15 is 0 Å². The number of hydrogen-bond acceptors (Lipinski definition) is 5. The fraction of sp³-hybridized carbons (Fsp3) is 0.273. The van der Waals surface area contributed by atoms with Crippen molar-refractivity contribution in [3.05, 3.63) is 71.7 Å². The van der Waals surface area contributed by atoms with Crippen LogP contribution in [-0.2, 0) is 17.6 Å². The van der Waals surface area contributed by atoms with Crippen LogP contribution in [0.2, 0.25) is 0 Å². The highest BCUT2D eigenvalue weighted by Gasteiger charge is 2.31. The summed E-state index contributed by atoms with van der Waals surface area (Å²) in [5.74, 6) is 0.884. The number of halogens is 1. The van der Waals surface area contributed by atoms with Crippen molar-refractivity contribution in [1.29, 1.82) is 0 Å². The number of aromatic nitrogens is 3. The molecule has 1 saturated heterocycles. The largest absolute Gasteiger partial charge is 0.397 e. The number of hydrogen-bond donors (Lipinski definition) is 1. The Kier molecular flexibility index (Phi) is 5.20. The van der Waals surface area contributed by atoms with Crippen LogP contribution in [0.15, 0.2) is 48.8 Å². The Bertz CT molecular complexity index is 1010. The number of nitrogens with zero attached hydrogens (tertiary/aromatic N) is 4. The molecule has 3 aromatic rings. The van der Waals surface area contributed by atoms with Crippen molar-refractivity contribution in [2.75, 3.05) is 18.8 Å². The number of aryl methyl sites for hydroxylation is 1. The van der Waals surface area contributed by atoms with Crippen molar-refractivity contribution >= 4 is 11.6 Å². The predicted octanol–water partition coefficient (Wildman–Crippen LogP) is 2.81. The van der Waals surface area contributed by atoms with Crippen LogP contribution in [0.1, 0.15) is 17.1 Å². The summed E-state index contributed by atoms with van der Waals surface area (Å²) in [6, 6.07) is 9.61. The zero-order valence-electron chi connectivity index (χ0n) is 16.2. The number of likely N-dealkylation sites (tertiary alicyclic amines) is 1. The van der Waals surface area contributed by atoms with Crippen LogP contribution < -0.4 is 5.73 Å². The molecule has 0 radical (unpaired) electrons. The van der Waals surface area contributed by atoms with Crippen LogP contribution in [0, 0.1) is 18.7 Å². The van der Waals surface area contributed by atoms with Crippen LogP contribution in [0.25, 0.3) is 11.3 Å². The Morgan fingerprint density at radius 3 is 2.52 bits per heavy atom. The zero-order chi connectivity index (χ0) is 20.4. The SMILES string of the molecule is Cc1ncc(CC2CN(C(=O)Cc3nc(-c4ccc(F)cc4)ccc3N)C2)cn1. The summed E-state index contributed by atoms with van der Waals surface area (Å²) in [5, 5.41) is 0. The molecule has 6 nitrogen and oxygen atoms in total. The summed E-state index contributed by atoms with van der Waals surface area (Å²) in [5.41, 5.74) is 9.61. The van der Waals surface area contributed by atoms with E-state index in [-0.39, 0.29) is 18.1 Å². The van der Waals surface area contributed by atoms with Gasteiger partial charge in [-0.15, -0.1) is 0 Å². The van der Waals surface area contributed by atoms with E-state index in [0.29, 0.717) is 36.1 Å². The van der Waals surface area contributed by atoms with E-state index in [0.717, 1.165) is 23.4 Å². The summed E-state index contributed by atoms with van der Waals surface area (Å²) in [6.45, 7) is 3.28. The minimum absolute atomic E-state index is 0.0110. The van der Waals surface area contributed by atoms with Gasteiger partial charge in [0.1, 0.15) is 11.6 Å². The minimum atomic E-state index is -0.302. The maximum Gasteiger partial charge on any atom is 0.228 e. The van der Waals surface area contributed by atoms with Crippen molar-refractivity contribution in [1.82, 2.24) is 19.9 Å². The maximum atomic E-state index is 13.1. The lowest BCUT2D eigenvalue weighted by molar-refractivity contribution is -0.136. The quantitative estimate of drug-likeness (QED) is 0.723. The molecular weight excluding hydrogens is 369 g/mol. The molecule has 3 heterocycles. The molecule has 0 bridgehead atoms. The molecule has 1 amide bonds. The molecule has 2 aromatic heterocycles. The number of nitrogen functional groups attached to an aromatic ring is 1. The number of carbonyl (C=O) groups excluding carboxylic acids is 1. The van der Waals surface area contributed by atoms with Crippen LogP contribution >= 0.6 is 0 Å². The fourth-order valence-electron chi connectivity index (χ4n) is 3.45. The number of pyridine rings is 1. The van der Waals surface area contributed by atoms with Gasteiger partial charge in [-0.2, -0.15) is 0 Å². The monoisotopic (exact) mass is 391 g/mol. The minimum Gasteiger partial charge on any atom is -0.397 e. The van der Waals surface area contributed by atoms with Gasteiger partial charge < -0.3 is 10.6 Å². The zero-order valence-corrected chi connectivity index (χ0v) is 16.2.